The Hall–Kier alpha value is -0.730. The molecule has 2 nitrogen and oxygen atoms in total. The zero-order valence-corrected chi connectivity index (χ0v) is 14.5. The second-order valence-corrected chi connectivity index (χ2v) is 7.45. The molecule has 0 radical (unpaired) electrons. The van der Waals surface area contributed by atoms with Gasteiger partial charge >= 0.3 is 0 Å². The third-order valence-corrected chi connectivity index (χ3v) is 6.46. The van der Waals surface area contributed by atoms with Crippen molar-refractivity contribution in [2.75, 3.05) is 7.11 Å². The zero-order valence-electron chi connectivity index (χ0n) is 13.7. The minimum atomic E-state index is 0. The molecule has 0 spiro atoms. The molecule has 3 aliphatic carbocycles. The van der Waals surface area contributed by atoms with Crippen LogP contribution in [0.1, 0.15) is 43.2 Å². The molecule has 0 amide bonds. The molecule has 3 saturated carbocycles. The summed E-state index contributed by atoms with van der Waals surface area (Å²) in [4.78, 5) is 0. The van der Waals surface area contributed by atoms with E-state index in [-0.39, 0.29) is 12.4 Å². The van der Waals surface area contributed by atoms with Crippen LogP contribution in [0.2, 0.25) is 0 Å². The van der Waals surface area contributed by atoms with Crippen LogP contribution in [0.25, 0.3) is 0 Å². The Balaban J connectivity index is 0.00000144. The Morgan fingerprint density at radius 1 is 1.14 bits per heavy atom. The van der Waals surface area contributed by atoms with Crippen molar-refractivity contribution >= 4 is 12.4 Å². The van der Waals surface area contributed by atoms with E-state index in [9.17, 15) is 0 Å². The van der Waals surface area contributed by atoms with Crippen LogP contribution in [-0.4, -0.2) is 13.2 Å². The highest BCUT2D eigenvalue weighted by molar-refractivity contribution is 5.85. The standard InChI is InChI=1S/C19H27NO.ClH/c1-12-8-13(6-7-19(12)21-2)11-20-18-10-14-9-17(18)16-5-3-4-15(14)16;/h6-8,14-18,20H,3-5,9-11H2,1-2H3;1H. The SMILES string of the molecule is COc1ccc(CNC2CC3CC2C2CCCC32)cc1C.Cl. The minimum Gasteiger partial charge on any atom is -0.496 e. The normalized spacial score (nSPS) is 35.3. The molecule has 3 heteroatoms. The maximum atomic E-state index is 5.35. The van der Waals surface area contributed by atoms with Crippen LogP contribution in [0, 0.1) is 30.6 Å². The molecular weight excluding hydrogens is 294 g/mol. The van der Waals surface area contributed by atoms with E-state index < -0.39 is 0 Å². The van der Waals surface area contributed by atoms with Gasteiger partial charge in [0.15, 0.2) is 0 Å². The quantitative estimate of drug-likeness (QED) is 0.890. The van der Waals surface area contributed by atoms with Crippen molar-refractivity contribution in [2.45, 2.75) is 51.6 Å². The monoisotopic (exact) mass is 321 g/mol. The van der Waals surface area contributed by atoms with Gasteiger partial charge in [-0.15, -0.1) is 12.4 Å². The Morgan fingerprint density at radius 2 is 1.95 bits per heavy atom. The first kappa shape index (κ1) is 16.1. The fourth-order valence-corrected chi connectivity index (χ4v) is 5.60. The zero-order chi connectivity index (χ0) is 14.4. The van der Waals surface area contributed by atoms with Gasteiger partial charge in [-0.1, -0.05) is 18.6 Å². The van der Waals surface area contributed by atoms with Crippen LogP contribution >= 0.6 is 12.4 Å². The summed E-state index contributed by atoms with van der Waals surface area (Å²) in [5, 5.41) is 3.87. The van der Waals surface area contributed by atoms with E-state index in [0.717, 1.165) is 42.0 Å². The molecule has 5 atom stereocenters. The van der Waals surface area contributed by atoms with Crippen LogP contribution in [-0.2, 0) is 6.54 Å². The molecule has 3 fully saturated rings. The van der Waals surface area contributed by atoms with E-state index in [1.54, 1.807) is 7.11 Å². The molecule has 0 aromatic heterocycles. The molecule has 0 aliphatic heterocycles. The van der Waals surface area contributed by atoms with E-state index in [1.807, 2.05) is 0 Å². The molecule has 2 bridgehead atoms. The lowest BCUT2D eigenvalue weighted by Crippen LogP contribution is -2.38. The van der Waals surface area contributed by atoms with Gasteiger partial charge in [-0.25, -0.2) is 0 Å². The van der Waals surface area contributed by atoms with Gasteiger partial charge in [-0.2, -0.15) is 0 Å². The van der Waals surface area contributed by atoms with Gasteiger partial charge in [0.2, 0.25) is 0 Å². The van der Waals surface area contributed by atoms with Crippen LogP contribution in [0.5, 0.6) is 5.75 Å². The molecule has 4 rings (SSSR count). The van der Waals surface area contributed by atoms with Gasteiger partial charge in [0.25, 0.3) is 0 Å². The lowest BCUT2D eigenvalue weighted by atomic mass is 9.79. The number of rotatable bonds is 4. The van der Waals surface area contributed by atoms with E-state index in [4.69, 9.17) is 4.74 Å². The number of methoxy groups -OCH3 is 1. The number of halogens is 1. The summed E-state index contributed by atoms with van der Waals surface area (Å²) in [6, 6.07) is 7.33. The summed E-state index contributed by atoms with van der Waals surface area (Å²) >= 11 is 0. The highest BCUT2D eigenvalue weighted by Crippen LogP contribution is 2.58. The number of hydrogen-bond donors (Lipinski definition) is 1. The number of ether oxygens (including phenoxy) is 1. The summed E-state index contributed by atoms with van der Waals surface area (Å²) < 4.78 is 5.35. The highest BCUT2D eigenvalue weighted by atomic mass is 35.5. The first-order valence-electron chi connectivity index (χ1n) is 8.63. The van der Waals surface area contributed by atoms with Gasteiger partial charge < -0.3 is 10.1 Å². The van der Waals surface area contributed by atoms with Gasteiger partial charge in [-0.3, -0.25) is 0 Å². The van der Waals surface area contributed by atoms with Crippen LogP contribution in [0.3, 0.4) is 0 Å². The fourth-order valence-electron chi connectivity index (χ4n) is 5.60. The second-order valence-electron chi connectivity index (χ2n) is 7.45. The van der Waals surface area contributed by atoms with Crippen LogP contribution in [0.15, 0.2) is 18.2 Å². The molecule has 1 aromatic rings. The summed E-state index contributed by atoms with van der Waals surface area (Å²) in [6.07, 6.45) is 7.46. The number of hydrogen-bond acceptors (Lipinski definition) is 2. The molecule has 1 N–H and O–H groups in total. The highest BCUT2D eigenvalue weighted by Gasteiger charge is 2.53. The maximum absolute atomic E-state index is 5.35. The van der Waals surface area contributed by atoms with Crippen molar-refractivity contribution in [3.8, 4) is 5.75 Å². The average molecular weight is 322 g/mol. The van der Waals surface area contributed by atoms with Crippen molar-refractivity contribution in [2.24, 2.45) is 23.7 Å². The van der Waals surface area contributed by atoms with Gasteiger partial charge in [0.1, 0.15) is 5.75 Å². The minimum absolute atomic E-state index is 0. The predicted octanol–water partition coefficient (Wildman–Crippen LogP) is 4.34. The topological polar surface area (TPSA) is 21.3 Å². The lowest BCUT2D eigenvalue weighted by Gasteiger charge is -2.32. The summed E-state index contributed by atoms with van der Waals surface area (Å²) in [5.74, 6) is 5.15. The van der Waals surface area contributed by atoms with Crippen LogP contribution in [0.4, 0.5) is 0 Å². The molecule has 22 heavy (non-hydrogen) atoms. The fraction of sp³-hybridized carbons (Fsp3) is 0.684. The van der Waals surface area contributed by atoms with Crippen molar-refractivity contribution < 1.29 is 4.74 Å². The Morgan fingerprint density at radius 3 is 2.73 bits per heavy atom. The van der Waals surface area contributed by atoms with Gasteiger partial charge in [-0.05, 0) is 73.5 Å². The molecule has 3 aliphatic rings. The summed E-state index contributed by atoms with van der Waals surface area (Å²) in [6.45, 7) is 3.14. The van der Waals surface area contributed by atoms with Gasteiger partial charge in [0.05, 0.1) is 7.11 Å². The first-order valence-corrected chi connectivity index (χ1v) is 8.63. The number of fused-ring (bicyclic) bond motifs is 5. The molecule has 0 saturated heterocycles. The lowest BCUT2D eigenvalue weighted by molar-refractivity contribution is 0.208. The predicted molar refractivity (Wildman–Crippen MR) is 92.7 cm³/mol. The van der Waals surface area contributed by atoms with Crippen molar-refractivity contribution in [1.82, 2.24) is 5.32 Å². The summed E-state index contributed by atoms with van der Waals surface area (Å²) in [7, 11) is 1.74. The molecule has 1 aromatic carbocycles. The van der Waals surface area contributed by atoms with Crippen molar-refractivity contribution in [3.05, 3.63) is 29.3 Å². The Kier molecular flexibility index (Phi) is 4.70. The second kappa shape index (κ2) is 6.41. The largest absolute Gasteiger partial charge is 0.496 e. The van der Waals surface area contributed by atoms with E-state index >= 15 is 0 Å². The van der Waals surface area contributed by atoms with Crippen LogP contribution < -0.4 is 10.1 Å². The number of aryl methyl sites for hydroxylation is 1. The van der Waals surface area contributed by atoms with Crippen molar-refractivity contribution in [1.29, 1.82) is 0 Å². The molecule has 5 unspecified atom stereocenters. The maximum Gasteiger partial charge on any atom is 0.121 e. The number of nitrogens with one attached hydrogen (secondary N) is 1. The molecular formula is C19H28ClNO. The molecule has 0 heterocycles. The average Bonchev–Trinajstić information content (AvgIpc) is 3.17. The number of benzene rings is 1. The smallest absolute Gasteiger partial charge is 0.121 e. The summed E-state index contributed by atoms with van der Waals surface area (Å²) in [5.41, 5.74) is 2.62. The third-order valence-electron chi connectivity index (χ3n) is 6.46. The van der Waals surface area contributed by atoms with Crippen molar-refractivity contribution in [3.63, 3.8) is 0 Å². The Bertz CT molecular complexity index is 532. The third kappa shape index (κ3) is 2.65. The van der Waals surface area contributed by atoms with E-state index in [2.05, 4.69) is 30.4 Å². The van der Waals surface area contributed by atoms with E-state index in [0.29, 0.717) is 0 Å². The van der Waals surface area contributed by atoms with Gasteiger partial charge in [0, 0.05) is 12.6 Å². The first-order chi connectivity index (χ1) is 10.3. The molecule has 122 valence electrons. The van der Waals surface area contributed by atoms with E-state index in [1.165, 1.54) is 43.2 Å². The Labute approximate surface area is 140 Å².